The van der Waals surface area contributed by atoms with Crippen molar-refractivity contribution in [3.8, 4) is 0 Å². The highest BCUT2D eigenvalue weighted by molar-refractivity contribution is 5.72. The van der Waals surface area contributed by atoms with Crippen molar-refractivity contribution >= 4 is 17.9 Å². The Balaban J connectivity index is 4.38. The molecule has 0 aliphatic rings. The average Bonchev–Trinajstić information content (AvgIpc) is 3.15. The number of nitrogens with zero attached hydrogens (tertiary/aromatic N) is 1. The molecule has 0 aliphatic heterocycles. The maximum atomic E-state index is 12.7. The number of ether oxygens (including phenoxy) is 3. The molecule has 0 aromatic carbocycles. The number of carbonyl (C=O) groups is 3. The van der Waals surface area contributed by atoms with Crippen molar-refractivity contribution in [1.29, 1.82) is 0 Å². The summed E-state index contributed by atoms with van der Waals surface area (Å²) in [7, 11) is 5.49. The van der Waals surface area contributed by atoms with Crippen LogP contribution >= 0.6 is 0 Å². The largest absolute Gasteiger partial charge is 0.477 e. The minimum absolute atomic E-state index is 0.0369. The topological polar surface area (TPSA) is 99.1 Å². The van der Waals surface area contributed by atoms with E-state index in [0.29, 0.717) is 19.3 Å². The highest BCUT2D eigenvalue weighted by atomic mass is 16.6. The van der Waals surface area contributed by atoms with Gasteiger partial charge in [-0.05, 0) is 83.5 Å². The number of likely N-dealkylation sites (N-methyl/N-ethyl adjacent to an activating group) is 1. The molecule has 0 aliphatic carbocycles. The van der Waals surface area contributed by atoms with Crippen LogP contribution in [0.4, 0.5) is 0 Å². The first-order valence-corrected chi connectivity index (χ1v) is 21.6. The van der Waals surface area contributed by atoms with Crippen LogP contribution in [0.5, 0.6) is 0 Å². The summed E-state index contributed by atoms with van der Waals surface area (Å²) in [5.74, 6) is -1.56. The highest BCUT2D eigenvalue weighted by Gasteiger charge is 2.31. The molecule has 0 rings (SSSR count). The molecule has 1 N–H and O–H groups in total. The monoisotopic (exact) mass is 783 g/mol. The number of allylic oxidation sites excluding steroid dienone is 14. The zero-order valence-electron chi connectivity index (χ0n) is 36.1. The van der Waals surface area contributed by atoms with Crippen LogP contribution in [0.1, 0.15) is 149 Å². The Bertz CT molecular complexity index is 1190. The molecule has 0 aromatic rings. The van der Waals surface area contributed by atoms with Gasteiger partial charge in [-0.2, -0.15) is 0 Å². The molecule has 2 atom stereocenters. The van der Waals surface area contributed by atoms with Gasteiger partial charge in [0.25, 0.3) is 0 Å². The van der Waals surface area contributed by atoms with E-state index in [4.69, 9.17) is 14.2 Å². The number of carbonyl (C=O) groups excluding carboxylic acids is 2. The van der Waals surface area contributed by atoms with Gasteiger partial charge in [0.15, 0.2) is 12.1 Å². The number of carboxylic acids is 1. The van der Waals surface area contributed by atoms with Gasteiger partial charge in [0.05, 0.1) is 34.4 Å². The van der Waals surface area contributed by atoms with Crippen LogP contribution in [0.15, 0.2) is 85.1 Å². The van der Waals surface area contributed by atoms with Gasteiger partial charge in [-0.15, -0.1) is 0 Å². The molecule has 8 nitrogen and oxygen atoms in total. The second kappa shape index (κ2) is 38.4. The summed E-state index contributed by atoms with van der Waals surface area (Å²) in [6.45, 7) is 4.50. The highest BCUT2D eigenvalue weighted by Crippen LogP contribution is 2.12. The molecule has 8 heteroatoms. The number of hydrogen-bond donors (Lipinski definition) is 1. The van der Waals surface area contributed by atoms with Crippen LogP contribution in [0.3, 0.4) is 0 Å². The van der Waals surface area contributed by atoms with Crippen LogP contribution in [0, 0.1) is 0 Å². The Morgan fingerprint density at radius 3 is 1.54 bits per heavy atom. The van der Waals surface area contributed by atoms with E-state index in [-0.39, 0.29) is 42.7 Å². The van der Waals surface area contributed by atoms with Crippen LogP contribution in [0.25, 0.3) is 0 Å². The van der Waals surface area contributed by atoms with E-state index < -0.39 is 18.1 Å². The first-order chi connectivity index (χ1) is 27.1. The van der Waals surface area contributed by atoms with E-state index >= 15 is 0 Å². The Labute approximate surface area is 342 Å². The number of rotatable bonds is 37. The van der Waals surface area contributed by atoms with Crippen molar-refractivity contribution in [2.24, 2.45) is 0 Å². The lowest BCUT2D eigenvalue weighted by Gasteiger charge is -2.31. The smallest absolute Gasteiger partial charge is 0.362 e. The fraction of sp³-hybridized carbons (Fsp3) is 0.646. The van der Waals surface area contributed by atoms with E-state index in [2.05, 4.69) is 98.9 Å². The number of quaternary nitrogens is 1. The maximum absolute atomic E-state index is 12.7. The van der Waals surface area contributed by atoms with Crippen LogP contribution < -0.4 is 0 Å². The molecular formula is C48H80NO7+. The van der Waals surface area contributed by atoms with E-state index in [1.54, 1.807) is 0 Å². The first-order valence-electron chi connectivity index (χ1n) is 21.6. The second-order valence-corrected chi connectivity index (χ2v) is 15.2. The number of hydrogen-bond acceptors (Lipinski definition) is 6. The Morgan fingerprint density at radius 1 is 0.554 bits per heavy atom. The molecule has 0 spiro atoms. The predicted octanol–water partition coefficient (Wildman–Crippen LogP) is 11.7. The lowest BCUT2D eigenvalue weighted by molar-refractivity contribution is -0.887. The van der Waals surface area contributed by atoms with E-state index in [0.717, 1.165) is 83.5 Å². The van der Waals surface area contributed by atoms with Crippen molar-refractivity contribution in [3.63, 3.8) is 0 Å². The second-order valence-electron chi connectivity index (χ2n) is 15.2. The third-order valence-electron chi connectivity index (χ3n) is 9.03. The normalized spacial score (nSPS) is 13.8. The summed E-state index contributed by atoms with van der Waals surface area (Å²) in [6.07, 6.45) is 49.3. The fourth-order valence-corrected chi connectivity index (χ4v) is 5.68. The van der Waals surface area contributed by atoms with Crippen LogP contribution in [-0.2, 0) is 28.6 Å². The maximum Gasteiger partial charge on any atom is 0.362 e. The quantitative estimate of drug-likeness (QED) is 0.0290. The third kappa shape index (κ3) is 36.2. The summed E-state index contributed by atoms with van der Waals surface area (Å²) in [6, 6.07) is -0.626. The molecule has 0 saturated heterocycles. The third-order valence-corrected chi connectivity index (χ3v) is 9.03. The molecule has 2 unspecified atom stereocenters. The molecule has 318 valence electrons. The summed E-state index contributed by atoms with van der Waals surface area (Å²) in [5, 5.41) is 9.60. The molecule has 0 amide bonds. The summed E-state index contributed by atoms with van der Waals surface area (Å²) in [4.78, 5) is 36.8. The number of esters is 2. The molecule has 0 fully saturated rings. The molecule has 0 heterocycles. The lowest BCUT2D eigenvalue weighted by Crippen LogP contribution is -2.50. The number of unbranched alkanes of at least 4 members (excludes halogenated alkanes) is 9. The molecule has 0 aromatic heterocycles. The van der Waals surface area contributed by atoms with Gasteiger partial charge in [-0.25, -0.2) is 4.79 Å². The molecular weight excluding hydrogens is 703 g/mol. The van der Waals surface area contributed by atoms with Gasteiger partial charge in [-0.3, -0.25) is 9.59 Å². The zero-order chi connectivity index (χ0) is 41.4. The summed E-state index contributed by atoms with van der Waals surface area (Å²) < 4.78 is 17.2. The van der Waals surface area contributed by atoms with Gasteiger partial charge in [0.1, 0.15) is 6.61 Å². The van der Waals surface area contributed by atoms with Crippen LogP contribution in [0.2, 0.25) is 0 Å². The minimum Gasteiger partial charge on any atom is -0.477 e. The van der Waals surface area contributed by atoms with E-state index in [1.165, 1.54) is 25.7 Å². The van der Waals surface area contributed by atoms with Gasteiger partial charge >= 0.3 is 17.9 Å². The van der Waals surface area contributed by atoms with Crippen molar-refractivity contribution in [1.82, 2.24) is 0 Å². The SMILES string of the molecule is CC/C=C/C/C=C/C/C=C/C/C=C/C/C=C/C/C=C/CCCCCCC(=O)OC(COCCC(C(=O)O)[N+](C)(C)C)COC(=O)CCC/C=C/CCCCCC. The molecule has 0 bridgehead atoms. The van der Waals surface area contributed by atoms with E-state index in [1.807, 2.05) is 21.1 Å². The summed E-state index contributed by atoms with van der Waals surface area (Å²) >= 11 is 0. The van der Waals surface area contributed by atoms with Gasteiger partial charge in [0.2, 0.25) is 0 Å². The summed E-state index contributed by atoms with van der Waals surface area (Å²) in [5.41, 5.74) is 0. The molecule has 56 heavy (non-hydrogen) atoms. The van der Waals surface area contributed by atoms with Crippen molar-refractivity contribution < 1.29 is 38.2 Å². The lowest BCUT2D eigenvalue weighted by atomic mass is 10.1. The predicted molar refractivity (Wildman–Crippen MR) is 233 cm³/mol. The van der Waals surface area contributed by atoms with Crippen LogP contribution in [-0.4, -0.2) is 80.6 Å². The van der Waals surface area contributed by atoms with Crippen molar-refractivity contribution in [2.75, 3.05) is 41.0 Å². The molecule has 0 saturated carbocycles. The van der Waals surface area contributed by atoms with Crippen molar-refractivity contribution in [3.05, 3.63) is 85.1 Å². The zero-order valence-corrected chi connectivity index (χ0v) is 36.1. The minimum atomic E-state index is -0.887. The number of aliphatic carboxylic acids is 1. The average molecular weight is 783 g/mol. The standard InChI is InChI=1S/C48H79NO7/c1-6-8-10-12-14-16-17-18-19-20-21-22-23-24-25-26-27-28-29-31-33-35-37-39-47(51)56-44(42-54-41-40-45(48(52)53)49(3,4)5)43-55-46(50)38-36-34-32-30-15-13-11-9-7-2/h8,10,14,16,18-19,21-22,24-25,27-28,30,32,44-45H,6-7,9,11-13,15,17,20,23,26,29,31,33-43H2,1-5H3/p+1/b10-8+,16-14+,19-18+,22-21+,25-24+,28-27+,32-30+. The van der Waals surface area contributed by atoms with E-state index in [9.17, 15) is 19.5 Å². The van der Waals surface area contributed by atoms with Gasteiger partial charge in [0, 0.05) is 19.3 Å². The van der Waals surface area contributed by atoms with Gasteiger partial charge < -0.3 is 23.8 Å². The Kier molecular flexibility index (Phi) is 36.0. The first kappa shape index (κ1) is 52.5. The van der Waals surface area contributed by atoms with Crippen molar-refractivity contribution in [2.45, 2.75) is 161 Å². The Hall–Kier alpha value is -3.49. The number of carboxylic acid groups (broad SMARTS) is 1. The fourth-order valence-electron chi connectivity index (χ4n) is 5.68. The molecule has 0 radical (unpaired) electrons. The Morgan fingerprint density at radius 2 is 1.02 bits per heavy atom. The van der Waals surface area contributed by atoms with Gasteiger partial charge in [-0.1, -0.05) is 131 Å².